The van der Waals surface area contributed by atoms with E-state index in [9.17, 15) is 4.79 Å². The predicted molar refractivity (Wildman–Crippen MR) is 23.7 cm³/mol. The van der Waals surface area contributed by atoms with Gasteiger partial charge in [-0.3, -0.25) is 4.98 Å². The van der Waals surface area contributed by atoms with Crippen molar-refractivity contribution in [2.24, 2.45) is 0 Å². The Morgan fingerprint density at radius 2 is 2.57 bits per heavy atom. The summed E-state index contributed by atoms with van der Waals surface area (Å²) in [6.45, 7) is 0. The Morgan fingerprint density at radius 1 is 1.86 bits per heavy atom. The molecule has 0 radical (unpaired) electrons. The van der Waals surface area contributed by atoms with E-state index < -0.39 is 5.76 Å². The van der Waals surface area contributed by atoms with Gasteiger partial charge in [-0.05, 0) is 0 Å². The Labute approximate surface area is 38.9 Å². The van der Waals surface area contributed by atoms with Crippen molar-refractivity contribution in [1.29, 1.82) is 0 Å². The van der Waals surface area contributed by atoms with Crippen LogP contribution in [-0.2, 0) is 0 Å². The van der Waals surface area contributed by atoms with E-state index >= 15 is 0 Å². The summed E-state index contributed by atoms with van der Waals surface area (Å²) >= 11 is 0. The Bertz CT molecular complexity index is 199. The second kappa shape index (κ2) is 1.14. The highest BCUT2D eigenvalue weighted by Crippen LogP contribution is 1.84. The van der Waals surface area contributed by atoms with Crippen molar-refractivity contribution in [3.63, 3.8) is 0 Å². The van der Waals surface area contributed by atoms with Crippen molar-refractivity contribution < 1.29 is 4.42 Å². The quantitative estimate of drug-likeness (QED) is 0.463. The third-order valence-electron chi connectivity index (χ3n) is 0.539. The number of nitrogens with two attached hydrogens (primary N) is 1. The van der Waals surface area contributed by atoms with Gasteiger partial charge in [0.15, 0.2) is 0 Å². The molecule has 0 amide bonds. The lowest BCUT2D eigenvalue weighted by Gasteiger charge is -1.67. The largest absolute Gasteiger partial charge is 0.417 e. The molecule has 0 aliphatic rings. The first-order chi connectivity index (χ1) is 3.29. The topological polar surface area (TPSA) is 72.0 Å². The maximum absolute atomic E-state index is 9.99. The maximum atomic E-state index is 9.99. The number of oxazole rings is 1. The van der Waals surface area contributed by atoms with Crippen molar-refractivity contribution in [2.75, 3.05) is 5.73 Å². The number of aromatic nitrogens is 1. The molecule has 1 rings (SSSR count). The average Bonchev–Trinajstić information content (AvgIpc) is 1.87. The van der Waals surface area contributed by atoms with E-state index in [1.54, 1.807) is 0 Å². The smallest absolute Gasteiger partial charge is 0.414 e. The lowest BCUT2D eigenvalue weighted by atomic mass is 10.8. The van der Waals surface area contributed by atoms with Gasteiger partial charge in [0, 0.05) is 0 Å². The van der Waals surface area contributed by atoms with Crippen molar-refractivity contribution in [3.05, 3.63) is 16.8 Å². The molecule has 0 aliphatic carbocycles. The summed E-state index contributed by atoms with van der Waals surface area (Å²) < 4.78 is 4.23. The first-order valence-corrected chi connectivity index (χ1v) is 1.72. The number of anilines is 1. The Morgan fingerprint density at radius 3 is 2.71 bits per heavy atom. The first-order valence-electron chi connectivity index (χ1n) is 1.72. The van der Waals surface area contributed by atoms with Crippen molar-refractivity contribution in [1.82, 2.24) is 4.98 Å². The van der Waals surface area contributed by atoms with Crippen LogP contribution in [0.2, 0.25) is 0 Å². The lowest BCUT2D eigenvalue weighted by molar-refractivity contribution is 0.515. The monoisotopic (exact) mass is 100 g/mol. The van der Waals surface area contributed by atoms with Crippen LogP contribution < -0.4 is 11.5 Å². The van der Waals surface area contributed by atoms with Gasteiger partial charge in [-0.1, -0.05) is 0 Å². The van der Waals surface area contributed by atoms with Gasteiger partial charge in [0.1, 0.15) is 12.1 Å². The highest BCUT2D eigenvalue weighted by atomic mass is 16.4. The molecule has 7 heavy (non-hydrogen) atoms. The molecule has 4 heteroatoms. The Balaban J connectivity index is 3.30. The highest BCUT2D eigenvalue weighted by Gasteiger charge is 1.85. The fourth-order valence-corrected chi connectivity index (χ4v) is 0.294. The van der Waals surface area contributed by atoms with Gasteiger partial charge in [0.25, 0.3) is 0 Å². The van der Waals surface area contributed by atoms with E-state index in [4.69, 9.17) is 5.73 Å². The molecule has 1 heterocycles. The minimum atomic E-state index is -0.516. The normalized spacial score (nSPS) is 9.14. The van der Waals surface area contributed by atoms with E-state index in [1.165, 1.54) is 0 Å². The van der Waals surface area contributed by atoms with E-state index in [-0.39, 0.29) is 5.82 Å². The maximum Gasteiger partial charge on any atom is 0.417 e. The molecule has 0 atom stereocenters. The van der Waals surface area contributed by atoms with Gasteiger partial charge in [-0.15, -0.1) is 0 Å². The SMILES string of the molecule is Nc1coc(=O)[nH]1. The summed E-state index contributed by atoms with van der Waals surface area (Å²) in [6.07, 6.45) is 1.16. The molecule has 0 aliphatic heterocycles. The summed E-state index contributed by atoms with van der Waals surface area (Å²) in [4.78, 5) is 12.2. The average molecular weight is 100 g/mol. The minimum Gasteiger partial charge on any atom is -0.414 e. The number of aromatic amines is 1. The number of H-pyrrole nitrogens is 1. The molecule has 0 bridgehead atoms. The molecule has 3 N–H and O–H groups in total. The van der Waals surface area contributed by atoms with Gasteiger partial charge in [-0.25, -0.2) is 4.79 Å². The highest BCUT2D eigenvalue weighted by molar-refractivity contribution is 5.18. The van der Waals surface area contributed by atoms with Crippen LogP contribution >= 0.6 is 0 Å². The van der Waals surface area contributed by atoms with Crippen LogP contribution in [0.15, 0.2) is 15.5 Å². The van der Waals surface area contributed by atoms with E-state index in [0.717, 1.165) is 6.26 Å². The van der Waals surface area contributed by atoms with Gasteiger partial charge < -0.3 is 10.2 Å². The summed E-state index contributed by atoms with van der Waals surface area (Å²) in [6, 6.07) is 0. The van der Waals surface area contributed by atoms with Gasteiger partial charge >= 0.3 is 5.76 Å². The molecule has 0 saturated heterocycles. The Hall–Kier alpha value is -1.19. The van der Waals surface area contributed by atoms with Gasteiger partial charge in [0.2, 0.25) is 0 Å². The summed E-state index contributed by atoms with van der Waals surface area (Å²) in [7, 11) is 0. The number of nitrogens with one attached hydrogen (secondary N) is 1. The molecule has 1 aromatic rings. The molecule has 0 spiro atoms. The molecule has 0 unspecified atom stereocenters. The van der Waals surface area contributed by atoms with Crippen LogP contribution in [0.4, 0.5) is 5.82 Å². The zero-order valence-electron chi connectivity index (χ0n) is 3.47. The van der Waals surface area contributed by atoms with Gasteiger partial charge in [0.05, 0.1) is 0 Å². The molecule has 38 valence electrons. The molecular weight excluding hydrogens is 96.0 g/mol. The second-order valence-corrected chi connectivity index (χ2v) is 1.10. The molecule has 0 fully saturated rings. The van der Waals surface area contributed by atoms with Crippen LogP contribution in [-0.4, -0.2) is 4.98 Å². The number of hydrogen-bond donors (Lipinski definition) is 2. The van der Waals surface area contributed by atoms with Crippen LogP contribution in [0.5, 0.6) is 0 Å². The second-order valence-electron chi connectivity index (χ2n) is 1.10. The van der Waals surface area contributed by atoms with E-state index in [0.29, 0.717) is 0 Å². The molecule has 0 aromatic carbocycles. The third kappa shape index (κ3) is 0.623. The fourth-order valence-electron chi connectivity index (χ4n) is 0.294. The minimum absolute atomic E-state index is 0.255. The van der Waals surface area contributed by atoms with Crippen molar-refractivity contribution in [3.8, 4) is 0 Å². The number of hydrogen-bond acceptors (Lipinski definition) is 3. The van der Waals surface area contributed by atoms with E-state index in [2.05, 4.69) is 9.40 Å². The van der Waals surface area contributed by atoms with Crippen LogP contribution in [0, 0.1) is 0 Å². The van der Waals surface area contributed by atoms with Crippen LogP contribution in [0.3, 0.4) is 0 Å². The summed E-state index contributed by atoms with van der Waals surface area (Å²) in [5, 5.41) is 0. The molecular formula is C3H4N2O2. The molecule has 0 saturated carbocycles. The zero-order valence-corrected chi connectivity index (χ0v) is 3.47. The summed E-state index contributed by atoms with van der Waals surface area (Å²) in [5.74, 6) is -0.262. The zero-order chi connectivity index (χ0) is 5.28. The third-order valence-corrected chi connectivity index (χ3v) is 0.539. The van der Waals surface area contributed by atoms with Crippen LogP contribution in [0.25, 0.3) is 0 Å². The standard InChI is InChI=1S/C3H4N2O2/c4-2-1-7-3(6)5-2/h1H,4H2,(H,5,6). The number of rotatable bonds is 0. The van der Waals surface area contributed by atoms with Crippen molar-refractivity contribution >= 4 is 5.82 Å². The van der Waals surface area contributed by atoms with Crippen molar-refractivity contribution in [2.45, 2.75) is 0 Å². The Kier molecular flexibility index (Phi) is 0.651. The lowest BCUT2D eigenvalue weighted by Crippen LogP contribution is -1.96. The number of nitrogen functional groups attached to an aromatic ring is 1. The summed E-state index contributed by atoms with van der Waals surface area (Å²) in [5.41, 5.74) is 5.03. The predicted octanol–water partition coefficient (Wildman–Crippen LogP) is -0.450. The molecule has 4 nitrogen and oxygen atoms in total. The first kappa shape index (κ1) is 3.98. The van der Waals surface area contributed by atoms with Gasteiger partial charge in [-0.2, -0.15) is 0 Å². The van der Waals surface area contributed by atoms with Crippen LogP contribution in [0.1, 0.15) is 0 Å². The molecule has 1 aromatic heterocycles. The fraction of sp³-hybridized carbons (Fsp3) is 0. The van der Waals surface area contributed by atoms with E-state index in [1.807, 2.05) is 0 Å².